The molecule has 8 heteroatoms. The van der Waals surface area contributed by atoms with Gasteiger partial charge >= 0.3 is 0 Å². The van der Waals surface area contributed by atoms with E-state index in [1.54, 1.807) is 17.0 Å². The fourth-order valence-electron chi connectivity index (χ4n) is 2.99. The second-order valence-corrected chi connectivity index (χ2v) is 6.21. The molecule has 0 spiro atoms. The third-order valence-electron chi connectivity index (χ3n) is 4.21. The predicted octanol–water partition coefficient (Wildman–Crippen LogP) is -0.0900. The van der Waals surface area contributed by atoms with Crippen LogP contribution in [0.25, 0.3) is 0 Å². The zero-order chi connectivity index (χ0) is 17.6. The number of nitrogens with one attached hydrogen (secondary N) is 2. The van der Waals surface area contributed by atoms with E-state index in [0.717, 1.165) is 0 Å². The van der Waals surface area contributed by atoms with Crippen LogP contribution >= 0.6 is 0 Å². The van der Waals surface area contributed by atoms with Crippen LogP contribution in [0.3, 0.4) is 0 Å². The molecule has 2 atom stereocenters. The summed E-state index contributed by atoms with van der Waals surface area (Å²) in [6.07, 6.45) is 0.317. The highest BCUT2D eigenvalue weighted by molar-refractivity contribution is 5.82. The fraction of sp³-hybridized carbons (Fsp3) is 0.529. The molecule has 3 rings (SSSR count). The number of hydrogen-bond acceptors (Lipinski definition) is 5. The van der Waals surface area contributed by atoms with Gasteiger partial charge < -0.3 is 20.1 Å². The van der Waals surface area contributed by atoms with Crippen molar-refractivity contribution in [3.8, 4) is 5.75 Å². The molecule has 2 aliphatic rings. The fourth-order valence-corrected chi connectivity index (χ4v) is 2.99. The third kappa shape index (κ3) is 5.14. The molecule has 25 heavy (non-hydrogen) atoms. The Balaban J connectivity index is 1.55. The van der Waals surface area contributed by atoms with Gasteiger partial charge in [-0.05, 0) is 12.1 Å². The number of benzene rings is 1. The first-order valence-corrected chi connectivity index (χ1v) is 8.38. The van der Waals surface area contributed by atoms with Crippen LogP contribution in [0.2, 0.25) is 0 Å². The summed E-state index contributed by atoms with van der Waals surface area (Å²) < 4.78 is 24.6. The van der Waals surface area contributed by atoms with Crippen molar-refractivity contribution in [3.05, 3.63) is 30.1 Å². The molecule has 0 unspecified atom stereocenters. The Morgan fingerprint density at radius 2 is 2.36 bits per heavy atom. The highest BCUT2D eigenvalue weighted by Crippen LogP contribution is 2.19. The van der Waals surface area contributed by atoms with Crippen LogP contribution in [0.5, 0.6) is 5.75 Å². The van der Waals surface area contributed by atoms with E-state index in [4.69, 9.17) is 9.47 Å². The summed E-state index contributed by atoms with van der Waals surface area (Å²) in [5, 5.41) is 5.63. The Morgan fingerprint density at radius 3 is 3.16 bits per heavy atom. The van der Waals surface area contributed by atoms with Gasteiger partial charge in [-0.25, -0.2) is 4.39 Å². The van der Waals surface area contributed by atoms with Crippen molar-refractivity contribution in [3.63, 3.8) is 0 Å². The molecular weight excluding hydrogens is 329 g/mol. The Kier molecular flexibility index (Phi) is 5.83. The zero-order valence-corrected chi connectivity index (χ0v) is 13.9. The van der Waals surface area contributed by atoms with Gasteiger partial charge in [0.2, 0.25) is 11.8 Å². The maximum atomic E-state index is 13.3. The van der Waals surface area contributed by atoms with Crippen molar-refractivity contribution in [2.75, 3.05) is 39.4 Å². The molecule has 2 heterocycles. The van der Waals surface area contributed by atoms with Gasteiger partial charge in [-0.3, -0.25) is 14.5 Å². The molecule has 136 valence electrons. The molecule has 7 nitrogen and oxygen atoms in total. The van der Waals surface area contributed by atoms with Gasteiger partial charge in [-0.2, -0.15) is 0 Å². The summed E-state index contributed by atoms with van der Waals surface area (Å²) in [5.74, 6) is -0.197. The highest BCUT2D eigenvalue weighted by Gasteiger charge is 2.30. The van der Waals surface area contributed by atoms with Crippen LogP contribution < -0.4 is 15.4 Å². The maximum absolute atomic E-state index is 13.3. The monoisotopic (exact) mass is 351 g/mol. The SMILES string of the molecule is O=C1CN(CC(=O)N[C@@H]2COCC[C@@H]2Oc2cccc(F)c2)CCN1. The van der Waals surface area contributed by atoms with E-state index in [9.17, 15) is 14.0 Å². The summed E-state index contributed by atoms with van der Waals surface area (Å²) >= 11 is 0. The predicted molar refractivity (Wildman–Crippen MR) is 87.6 cm³/mol. The first kappa shape index (κ1) is 17.6. The second kappa shape index (κ2) is 8.26. The average Bonchev–Trinajstić information content (AvgIpc) is 2.57. The summed E-state index contributed by atoms with van der Waals surface area (Å²) in [7, 11) is 0. The minimum Gasteiger partial charge on any atom is -0.488 e. The minimum absolute atomic E-state index is 0.0765. The van der Waals surface area contributed by atoms with E-state index in [0.29, 0.717) is 38.5 Å². The standard InChI is InChI=1S/C17H22FN3O4/c18-12-2-1-3-13(8-12)25-15-4-7-24-11-14(15)20-17(23)10-21-6-5-19-16(22)9-21/h1-3,8,14-15H,4-7,9-11H2,(H,19,22)(H,20,23)/t14-,15+/m1/s1. The molecule has 2 fully saturated rings. The molecule has 2 aliphatic heterocycles. The number of amides is 2. The molecule has 0 aromatic heterocycles. The number of carbonyl (C=O) groups excluding carboxylic acids is 2. The Bertz CT molecular complexity index is 628. The van der Waals surface area contributed by atoms with Crippen LogP contribution in [0.4, 0.5) is 4.39 Å². The van der Waals surface area contributed by atoms with E-state index in [-0.39, 0.29) is 42.9 Å². The van der Waals surface area contributed by atoms with Crippen molar-refractivity contribution in [1.82, 2.24) is 15.5 Å². The number of carbonyl (C=O) groups is 2. The number of halogens is 1. The highest BCUT2D eigenvalue weighted by atomic mass is 19.1. The van der Waals surface area contributed by atoms with E-state index in [1.807, 2.05) is 0 Å². The first-order valence-electron chi connectivity index (χ1n) is 8.38. The van der Waals surface area contributed by atoms with Crippen LogP contribution in [0, 0.1) is 5.82 Å². The molecule has 2 amide bonds. The molecule has 0 bridgehead atoms. The smallest absolute Gasteiger partial charge is 0.234 e. The lowest BCUT2D eigenvalue weighted by molar-refractivity contribution is -0.128. The lowest BCUT2D eigenvalue weighted by Gasteiger charge is -2.33. The van der Waals surface area contributed by atoms with Crippen molar-refractivity contribution in [2.45, 2.75) is 18.6 Å². The summed E-state index contributed by atoms with van der Waals surface area (Å²) in [4.78, 5) is 25.4. The largest absolute Gasteiger partial charge is 0.488 e. The number of piperazine rings is 1. The van der Waals surface area contributed by atoms with E-state index >= 15 is 0 Å². The van der Waals surface area contributed by atoms with Crippen LogP contribution in [0.15, 0.2) is 24.3 Å². The second-order valence-electron chi connectivity index (χ2n) is 6.21. The van der Waals surface area contributed by atoms with E-state index in [1.165, 1.54) is 12.1 Å². The van der Waals surface area contributed by atoms with Crippen molar-refractivity contribution >= 4 is 11.8 Å². The van der Waals surface area contributed by atoms with Gasteiger partial charge in [-0.1, -0.05) is 6.07 Å². The summed E-state index contributed by atoms with van der Waals surface area (Å²) in [6.45, 7) is 2.42. The van der Waals surface area contributed by atoms with Gasteiger partial charge in [-0.15, -0.1) is 0 Å². The molecule has 1 aromatic rings. The van der Waals surface area contributed by atoms with Gasteiger partial charge in [0.15, 0.2) is 0 Å². The normalized spacial score (nSPS) is 24.4. The molecule has 0 saturated carbocycles. The van der Waals surface area contributed by atoms with Gasteiger partial charge in [0, 0.05) is 25.6 Å². The van der Waals surface area contributed by atoms with Gasteiger partial charge in [0.05, 0.1) is 32.3 Å². The summed E-state index contributed by atoms with van der Waals surface area (Å²) in [5.41, 5.74) is 0. The zero-order valence-electron chi connectivity index (χ0n) is 13.9. The molecule has 1 aromatic carbocycles. The van der Waals surface area contributed by atoms with Crippen molar-refractivity contribution in [1.29, 1.82) is 0 Å². The lowest BCUT2D eigenvalue weighted by Crippen LogP contribution is -2.55. The molecule has 0 aliphatic carbocycles. The van der Waals surface area contributed by atoms with Gasteiger partial charge in [0.25, 0.3) is 0 Å². The number of nitrogens with zero attached hydrogens (tertiary/aromatic N) is 1. The average molecular weight is 351 g/mol. The van der Waals surface area contributed by atoms with Crippen LogP contribution in [-0.4, -0.2) is 68.3 Å². The molecule has 2 saturated heterocycles. The molecule has 2 N–H and O–H groups in total. The first-order chi connectivity index (χ1) is 12.1. The third-order valence-corrected chi connectivity index (χ3v) is 4.21. The number of hydrogen-bond donors (Lipinski definition) is 2. The van der Waals surface area contributed by atoms with E-state index < -0.39 is 0 Å². The van der Waals surface area contributed by atoms with Crippen LogP contribution in [0.1, 0.15) is 6.42 Å². The molecular formula is C17H22FN3O4. The lowest BCUT2D eigenvalue weighted by atomic mass is 10.1. The Morgan fingerprint density at radius 1 is 1.48 bits per heavy atom. The van der Waals surface area contributed by atoms with Crippen LogP contribution in [-0.2, 0) is 14.3 Å². The Labute approximate surface area is 145 Å². The molecule has 0 radical (unpaired) electrons. The number of rotatable bonds is 5. The topological polar surface area (TPSA) is 79.9 Å². The van der Waals surface area contributed by atoms with Crippen molar-refractivity contribution in [2.24, 2.45) is 0 Å². The van der Waals surface area contributed by atoms with Gasteiger partial charge in [0.1, 0.15) is 17.7 Å². The quantitative estimate of drug-likeness (QED) is 0.775. The number of ether oxygens (including phenoxy) is 2. The maximum Gasteiger partial charge on any atom is 0.234 e. The van der Waals surface area contributed by atoms with Crippen molar-refractivity contribution < 1.29 is 23.5 Å². The van der Waals surface area contributed by atoms with E-state index in [2.05, 4.69) is 10.6 Å². The summed E-state index contributed by atoms with van der Waals surface area (Å²) in [6, 6.07) is 5.62. The minimum atomic E-state index is -0.367. The Hall–Kier alpha value is -2.19.